The van der Waals surface area contributed by atoms with Crippen LogP contribution in [0.3, 0.4) is 0 Å². The van der Waals surface area contributed by atoms with E-state index < -0.39 is 124 Å². The number of nitrogens with two attached hydrogens (primary N) is 3. The number of amides is 10. The number of rotatable bonds is 39. The fourth-order valence-electron chi connectivity index (χ4n) is 12.3. The first kappa shape index (κ1) is 80.1. The number of urea groups is 1. The summed E-state index contributed by atoms with van der Waals surface area (Å²) < 4.78 is 23.0. The number of benzene rings is 2. The predicted octanol–water partition coefficient (Wildman–Crippen LogP) is 4.75. The van der Waals surface area contributed by atoms with Crippen LogP contribution in [0.4, 0.5) is 15.3 Å². The molecule has 2 aliphatic heterocycles. The Balaban J connectivity index is 1.19. The van der Waals surface area contributed by atoms with Gasteiger partial charge >= 0.3 is 12.1 Å². The van der Waals surface area contributed by atoms with Crippen LogP contribution in [0.15, 0.2) is 66.2 Å². The number of likely N-dealkylation sites (tertiary alicyclic amines) is 1. The van der Waals surface area contributed by atoms with Gasteiger partial charge in [-0.1, -0.05) is 97.4 Å². The first-order valence-corrected chi connectivity index (χ1v) is 34.5. The Bertz CT molecular complexity index is 3100. The van der Waals surface area contributed by atoms with Gasteiger partial charge in [-0.2, -0.15) is 0 Å². The van der Waals surface area contributed by atoms with Crippen molar-refractivity contribution >= 4 is 76.3 Å². The Morgan fingerprint density at radius 3 is 2.05 bits per heavy atom. The van der Waals surface area contributed by atoms with E-state index in [4.69, 9.17) is 36.1 Å². The third-order valence-corrected chi connectivity index (χ3v) is 19.4. The first-order valence-electron chi connectivity index (χ1n) is 33.6. The Morgan fingerprint density at radius 2 is 1.48 bits per heavy atom. The van der Waals surface area contributed by atoms with Crippen LogP contribution in [0, 0.1) is 29.1 Å². The van der Waals surface area contributed by atoms with Crippen molar-refractivity contribution in [1.29, 1.82) is 0 Å². The number of nitrogens with zero attached hydrogens (tertiary/aromatic N) is 3. The molecule has 97 heavy (non-hydrogen) atoms. The number of hydrogen-bond acceptors (Lipinski definition) is 18. The number of Topliss-reactive ketones (excluding diaryl/α,β-unsaturated/α-hetero) is 1. The van der Waals surface area contributed by atoms with Gasteiger partial charge in [-0.3, -0.25) is 38.4 Å². The van der Waals surface area contributed by atoms with Crippen LogP contribution in [0.5, 0.6) is 0 Å². The molecule has 0 aliphatic carbocycles. The third kappa shape index (κ3) is 22.2. The summed E-state index contributed by atoms with van der Waals surface area (Å²) in [6, 6.07) is 10.4. The van der Waals surface area contributed by atoms with Crippen molar-refractivity contribution in [3.8, 4) is 0 Å². The minimum absolute atomic E-state index is 0.0182. The van der Waals surface area contributed by atoms with Crippen molar-refractivity contribution in [1.82, 2.24) is 46.7 Å². The molecule has 1 aromatic heterocycles. The van der Waals surface area contributed by atoms with Gasteiger partial charge in [0, 0.05) is 51.6 Å². The number of ketones is 1. The summed E-state index contributed by atoms with van der Waals surface area (Å²) >= 11 is 1.47. The Labute approximate surface area is 575 Å². The highest BCUT2D eigenvalue weighted by atomic mass is 32.1. The second-order valence-corrected chi connectivity index (χ2v) is 28.1. The third-order valence-electron chi connectivity index (χ3n) is 18.5. The van der Waals surface area contributed by atoms with Crippen LogP contribution in [0.1, 0.15) is 149 Å². The minimum Gasteiger partial charge on any atom is -0.445 e. The molecule has 2 saturated heterocycles. The summed E-state index contributed by atoms with van der Waals surface area (Å²) in [5, 5.41) is 22.0. The monoisotopic (exact) mass is 1370 g/mol. The molecule has 538 valence electrons. The van der Waals surface area contributed by atoms with E-state index in [2.05, 4.69) is 42.2 Å². The number of thiazole rings is 1. The molecule has 0 unspecified atom stereocenters. The topological polar surface area (TPSA) is 389 Å². The van der Waals surface area contributed by atoms with Gasteiger partial charge in [0.1, 0.15) is 35.3 Å². The fourth-order valence-corrected chi connectivity index (χ4v) is 13.0. The molecule has 0 spiro atoms. The maximum atomic E-state index is 14.7. The standard InChI is InChI=1S/C69H107N13O14S/c1-14-43(6)55(51(93-12)37-52(83)82-34-21-25-50(82)56(94-13)44(7)57(84)77-49(60-73-33-35-97-60)36-45-22-16-15-17-23-45)81(11)61(87)54(42(4)5)79-63(89)67(8,9)80-66(92)96-38-46-26-28-47(29-27-46)75-58(85)48(24-20-32-74-65(71)91)76-59(86)53(41(2)3)78-64(90)69(72,30-18-19-31-70)62(88)68(10)39-95-40-68/h15-17,22-23,26-29,33,35,41-44,48-51,53-56H,14,18-21,24-25,30-32,34,36-40,70,72H2,1-13H3,(H,75,85)(H,76,86)(H,77,84)(H,78,90)(H,79,89)(H,80,92)(H3,71,74,91)/t43-,44+,48-,49-,50-,51+,53-,54-,55-,56+,69+/m0/s1. The number of anilines is 1. The number of primary amides is 1. The number of ether oxygens (including phenoxy) is 4. The highest BCUT2D eigenvalue weighted by Crippen LogP contribution is 2.35. The zero-order valence-corrected chi connectivity index (χ0v) is 59.6. The van der Waals surface area contributed by atoms with Crippen molar-refractivity contribution in [3.05, 3.63) is 82.3 Å². The van der Waals surface area contributed by atoms with Gasteiger partial charge in [0.25, 0.3) is 0 Å². The summed E-state index contributed by atoms with van der Waals surface area (Å²) in [5.74, 6) is -6.05. The molecule has 2 aromatic carbocycles. The van der Waals surface area contributed by atoms with Crippen molar-refractivity contribution in [2.24, 2.45) is 46.3 Å². The number of alkyl carbamates (subject to hydrolysis) is 1. The Kier molecular flexibility index (Phi) is 30.8. The lowest BCUT2D eigenvalue weighted by molar-refractivity contribution is -0.164. The van der Waals surface area contributed by atoms with Gasteiger partial charge in [-0.05, 0) is 120 Å². The molecule has 0 bridgehead atoms. The Hall–Kier alpha value is -7.63. The number of likely N-dealkylation sites (N-methyl/N-ethyl adjacent to an activating group) is 1. The van der Waals surface area contributed by atoms with Crippen LogP contribution in [0.2, 0.25) is 0 Å². The van der Waals surface area contributed by atoms with Gasteiger partial charge < -0.3 is 83.2 Å². The molecule has 3 heterocycles. The van der Waals surface area contributed by atoms with E-state index in [1.807, 2.05) is 56.5 Å². The molecule has 5 rings (SSSR count). The van der Waals surface area contributed by atoms with Gasteiger partial charge in [0.15, 0.2) is 11.3 Å². The van der Waals surface area contributed by atoms with Crippen LogP contribution in [-0.4, -0.2) is 182 Å². The second kappa shape index (κ2) is 37.4. The highest BCUT2D eigenvalue weighted by molar-refractivity contribution is 7.09. The lowest BCUT2D eigenvalue weighted by Gasteiger charge is -2.42. The normalized spacial score (nSPS) is 17.8. The van der Waals surface area contributed by atoms with E-state index in [-0.39, 0.29) is 75.8 Å². The van der Waals surface area contributed by atoms with E-state index in [1.54, 1.807) is 89.0 Å². The Morgan fingerprint density at radius 1 is 0.825 bits per heavy atom. The van der Waals surface area contributed by atoms with E-state index in [1.165, 1.54) is 32.3 Å². The number of unbranched alkanes of at least 4 members (excludes halogenated alkanes) is 1. The van der Waals surface area contributed by atoms with Crippen molar-refractivity contribution < 1.29 is 66.9 Å². The molecule has 2 aliphatic rings. The van der Waals surface area contributed by atoms with Gasteiger partial charge in [-0.15, -0.1) is 11.3 Å². The quantitative estimate of drug-likeness (QED) is 0.0272. The maximum absolute atomic E-state index is 14.7. The average Bonchev–Trinajstić information content (AvgIpc) is 1.37. The van der Waals surface area contributed by atoms with E-state index in [0.29, 0.717) is 62.9 Å². The van der Waals surface area contributed by atoms with E-state index in [0.717, 1.165) is 10.6 Å². The van der Waals surface area contributed by atoms with Crippen LogP contribution in [-0.2, 0) is 70.3 Å². The minimum atomic E-state index is -1.99. The molecular formula is C69H107N13O14S. The number of aromatic nitrogens is 1. The van der Waals surface area contributed by atoms with Crippen molar-refractivity contribution in [3.63, 3.8) is 0 Å². The van der Waals surface area contributed by atoms with Gasteiger partial charge in [0.05, 0.1) is 61.3 Å². The summed E-state index contributed by atoms with van der Waals surface area (Å²) in [5.41, 5.74) is 14.9. The predicted molar refractivity (Wildman–Crippen MR) is 368 cm³/mol. The molecule has 13 N–H and O–H groups in total. The van der Waals surface area contributed by atoms with Gasteiger partial charge in [-0.25, -0.2) is 14.6 Å². The van der Waals surface area contributed by atoms with E-state index in [9.17, 15) is 47.9 Å². The molecule has 28 heteroatoms. The second-order valence-electron chi connectivity index (χ2n) is 27.2. The van der Waals surface area contributed by atoms with Crippen molar-refractivity contribution in [2.75, 3.05) is 59.4 Å². The zero-order chi connectivity index (χ0) is 72.0. The molecule has 2 fully saturated rings. The lowest BCUT2D eigenvalue weighted by Crippen LogP contribution is -2.68. The number of carbonyl (C=O) groups excluding carboxylic acids is 10. The summed E-state index contributed by atoms with van der Waals surface area (Å²) in [6.45, 7) is 18.1. The molecule has 0 radical (unpaired) electrons. The molecule has 27 nitrogen and oxygen atoms in total. The number of hydrogen-bond donors (Lipinski definition) is 10. The largest absolute Gasteiger partial charge is 0.445 e. The van der Waals surface area contributed by atoms with Gasteiger partial charge in [0.2, 0.25) is 41.4 Å². The lowest BCUT2D eigenvalue weighted by atomic mass is 9.72. The zero-order valence-electron chi connectivity index (χ0n) is 58.8. The molecular weight excluding hydrogens is 1270 g/mol. The average molecular weight is 1370 g/mol. The number of nitrogens with one attached hydrogen (secondary N) is 7. The SMILES string of the molecule is CC[C@H](C)[C@@H]([C@@H](CC(=O)N1CCC[C@H]1[C@H](OC)[C@@H](C)C(=O)N[C@@H](Cc1ccccc1)c1nccs1)OC)N(C)C(=O)[C@@H](NC(=O)C(C)(C)NC(=O)OCc1ccc(NC(=O)[C@H](CCCNC(N)=O)NC(=O)[C@@H](NC(=O)[C@@](N)(CCCCN)C(=O)C2(C)COC2)C(C)C)cc1)C(C)C. The fraction of sp³-hybridized carbons (Fsp3) is 0.638. The summed E-state index contributed by atoms with van der Waals surface area (Å²) in [4.78, 5) is 146. The van der Waals surface area contributed by atoms with E-state index >= 15 is 0 Å². The van der Waals surface area contributed by atoms with Crippen LogP contribution >= 0.6 is 11.3 Å². The molecule has 11 atom stereocenters. The van der Waals surface area contributed by atoms with Crippen molar-refractivity contribution in [2.45, 2.75) is 200 Å². The van der Waals surface area contributed by atoms with Crippen LogP contribution < -0.4 is 54.4 Å². The number of carbonyl (C=O) groups is 10. The maximum Gasteiger partial charge on any atom is 0.408 e. The summed E-state index contributed by atoms with van der Waals surface area (Å²) in [7, 11) is 4.69. The highest BCUT2D eigenvalue weighted by Gasteiger charge is 2.54. The number of methoxy groups -OCH3 is 2. The molecule has 10 amide bonds. The molecule has 0 saturated carbocycles. The summed E-state index contributed by atoms with van der Waals surface area (Å²) in [6.07, 6.45) is 2.85. The van der Waals surface area contributed by atoms with Crippen LogP contribution in [0.25, 0.3) is 0 Å². The first-order chi connectivity index (χ1) is 45.9. The molecule has 3 aromatic rings. The smallest absolute Gasteiger partial charge is 0.408 e.